The van der Waals surface area contributed by atoms with Crippen LogP contribution in [-0.2, 0) is 10.0 Å². The zero-order chi connectivity index (χ0) is 15.0. The van der Waals surface area contributed by atoms with E-state index in [9.17, 15) is 18.5 Å². The number of nitrogens with one attached hydrogen (secondary N) is 1. The van der Waals surface area contributed by atoms with Crippen LogP contribution in [0.3, 0.4) is 0 Å². The number of rotatable bonds is 7. The third-order valence-corrected chi connectivity index (χ3v) is 6.69. The average molecular weight is 339 g/mol. The summed E-state index contributed by atoms with van der Waals surface area (Å²) in [5, 5.41) is 10.7. The lowest BCUT2D eigenvalue weighted by Crippen LogP contribution is -2.29. The summed E-state index contributed by atoms with van der Waals surface area (Å²) < 4.78 is 26.5. The maximum Gasteiger partial charge on any atom is 0.300 e. The third kappa shape index (κ3) is 3.30. The molecule has 1 saturated carbocycles. The highest BCUT2D eigenvalue weighted by Gasteiger charge is 2.42. The maximum atomic E-state index is 12.1. The highest BCUT2D eigenvalue weighted by molar-refractivity contribution is 7.91. The molecular formula is C11H15ClN2O4S2. The second-order valence-electron chi connectivity index (χ2n) is 5.06. The summed E-state index contributed by atoms with van der Waals surface area (Å²) in [5.74, 6) is 0. The number of nitrogens with zero attached hydrogens (tertiary/aromatic N) is 1. The van der Waals surface area contributed by atoms with Gasteiger partial charge in [-0.3, -0.25) is 10.1 Å². The van der Waals surface area contributed by atoms with Crippen LogP contribution in [0.15, 0.2) is 10.3 Å². The van der Waals surface area contributed by atoms with Crippen molar-refractivity contribution in [2.45, 2.75) is 36.8 Å². The van der Waals surface area contributed by atoms with Gasteiger partial charge in [0.05, 0.1) is 4.92 Å². The van der Waals surface area contributed by atoms with E-state index in [4.69, 9.17) is 11.6 Å². The van der Waals surface area contributed by atoms with E-state index in [1.165, 1.54) is 0 Å². The molecule has 1 aliphatic carbocycles. The van der Waals surface area contributed by atoms with Crippen LogP contribution in [-0.4, -0.2) is 19.9 Å². The lowest BCUT2D eigenvalue weighted by molar-refractivity contribution is -0.384. The minimum absolute atomic E-state index is 0.0782. The molecule has 0 amide bonds. The van der Waals surface area contributed by atoms with Gasteiger partial charge in [0.2, 0.25) is 10.0 Å². The fourth-order valence-electron chi connectivity index (χ4n) is 2.14. The van der Waals surface area contributed by atoms with Gasteiger partial charge in [-0.15, -0.1) is 11.3 Å². The minimum atomic E-state index is -3.73. The highest BCUT2D eigenvalue weighted by atomic mass is 35.5. The molecule has 0 atom stereocenters. The van der Waals surface area contributed by atoms with Crippen molar-refractivity contribution < 1.29 is 13.3 Å². The molecule has 0 saturated heterocycles. The Kier molecular flexibility index (Phi) is 4.38. The largest absolute Gasteiger partial charge is 0.300 e. The number of hydrogen-bond acceptors (Lipinski definition) is 5. The van der Waals surface area contributed by atoms with E-state index in [2.05, 4.69) is 11.6 Å². The molecule has 1 aromatic heterocycles. The molecule has 20 heavy (non-hydrogen) atoms. The summed E-state index contributed by atoms with van der Waals surface area (Å²) in [4.78, 5) is 10.0. The van der Waals surface area contributed by atoms with Crippen LogP contribution in [0.5, 0.6) is 0 Å². The fourth-order valence-corrected chi connectivity index (χ4v) is 5.00. The number of nitro groups is 1. The first kappa shape index (κ1) is 15.7. The standard InChI is InChI=1S/C11H15ClN2O4S2/c1-2-3-11(4-5-11)7-13-20(17,18)9-6-8(14(15)16)10(12)19-9/h6,13H,2-5,7H2,1H3. The van der Waals surface area contributed by atoms with Crippen LogP contribution >= 0.6 is 22.9 Å². The predicted molar refractivity (Wildman–Crippen MR) is 77.7 cm³/mol. The van der Waals surface area contributed by atoms with Gasteiger partial charge in [0.1, 0.15) is 4.21 Å². The molecule has 1 aromatic rings. The summed E-state index contributed by atoms with van der Waals surface area (Å²) in [6.07, 6.45) is 4.04. The van der Waals surface area contributed by atoms with Crippen molar-refractivity contribution in [3.8, 4) is 0 Å². The Bertz CT molecular complexity index is 622. The normalized spacial score (nSPS) is 17.1. The van der Waals surface area contributed by atoms with Gasteiger partial charge < -0.3 is 0 Å². The lowest BCUT2D eigenvalue weighted by Gasteiger charge is -2.14. The van der Waals surface area contributed by atoms with E-state index >= 15 is 0 Å². The average Bonchev–Trinajstić information content (AvgIpc) is 3.00. The smallest absolute Gasteiger partial charge is 0.258 e. The molecule has 1 heterocycles. The van der Waals surface area contributed by atoms with Crippen LogP contribution in [0, 0.1) is 15.5 Å². The molecule has 112 valence electrons. The second-order valence-corrected chi connectivity index (χ2v) is 8.70. The van der Waals surface area contributed by atoms with Crippen LogP contribution in [0.1, 0.15) is 32.6 Å². The molecule has 1 aliphatic rings. The third-order valence-electron chi connectivity index (χ3n) is 3.48. The van der Waals surface area contributed by atoms with E-state index in [1.54, 1.807) is 0 Å². The molecule has 1 N–H and O–H groups in total. The van der Waals surface area contributed by atoms with Gasteiger partial charge in [0, 0.05) is 12.6 Å². The van der Waals surface area contributed by atoms with Crippen LogP contribution in [0.25, 0.3) is 0 Å². The molecule has 2 rings (SSSR count). The second kappa shape index (κ2) is 5.59. The number of hydrogen-bond donors (Lipinski definition) is 1. The van der Waals surface area contributed by atoms with Gasteiger partial charge in [0.15, 0.2) is 4.34 Å². The Balaban J connectivity index is 2.11. The Hall–Kier alpha value is -0.700. The highest BCUT2D eigenvalue weighted by Crippen LogP contribution is 2.49. The molecule has 9 heteroatoms. The van der Waals surface area contributed by atoms with E-state index in [0.29, 0.717) is 17.9 Å². The van der Waals surface area contributed by atoms with Crippen molar-refractivity contribution >= 4 is 38.6 Å². The summed E-state index contributed by atoms with van der Waals surface area (Å²) in [5.41, 5.74) is -0.291. The predicted octanol–water partition coefficient (Wildman–Crippen LogP) is 3.17. The van der Waals surface area contributed by atoms with E-state index in [-0.39, 0.29) is 19.6 Å². The van der Waals surface area contributed by atoms with Crippen LogP contribution in [0.4, 0.5) is 5.69 Å². The Morgan fingerprint density at radius 2 is 2.20 bits per heavy atom. The quantitative estimate of drug-likeness (QED) is 0.610. The molecule has 0 aliphatic heterocycles. The molecule has 0 radical (unpaired) electrons. The van der Waals surface area contributed by atoms with Crippen molar-refractivity contribution in [3.63, 3.8) is 0 Å². The molecule has 0 aromatic carbocycles. The van der Waals surface area contributed by atoms with Crippen LogP contribution < -0.4 is 4.72 Å². The Morgan fingerprint density at radius 1 is 1.55 bits per heavy atom. The van der Waals surface area contributed by atoms with Crippen molar-refractivity contribution in [2.24, 2.45) is 5.41 Å². The molecule has 0 unspecified atom stereocenters. The van der Waals surface area contributed by atoms with Gasteiger partial charge in [-0.2, -0.15) is 0 Å². The summed E-state index contributed by atoms with van der Waals surface area (Å²) >= 11 is 6.39. The summed E-state index contributed by atoms with van der Waals surface area (Å²) in [6, 6.07) is 1.01. The van der Waals surface area contributed by atoms with Gasteiger partial charge in [-0.1, -0.05) is 24.9 Å². The summed E-state index contributed by atoms with van der Waals surface area (Å²) in [7, 11) is -3.73. The molecule has 0 bridgehead atoms. The first-order chi connectivity index (χ1) is 9.30. The van der Waals surface area contributed by atoms with Crippen molar-refractivity contribution in [2.75, 3.05) is 6.54 Å². The molecular weight excluding hydrogens is 324 g/mol. The van der Waals surface area contributed by atoms with Crippen LogP contribution in [0.2, 0.25) is 4.34 Å². The molecule has 1 fully saturated rings. The number of sulfonamides is 1. The van der Waals surface area contributed by atoms with Crippen molar-refractivity contribution in [1.29, 1.82) is 0 Å². The van der Waals surface area contributed by atoms with E-state index in [0.717, 1.165) is 31.7 Å². The Morgan fingerprint density at radius 3 is 2.65 bits per heavy atom. The van der Waals surface area contributed by atoms with Gasteiger partial charge in [-0.25, -0.2) is 13.1 Å². The van der Waals surface area contributed by atoms with Crippen molar-refractivity contribution in [3.05, 3.63) is 20.5 Å². The maximum absolute atomic E-state index is 12.1. The monoisotopic (exact) mass is 338 g/mol. The zero-order valence-electron chi connectivity index (χ0n) is 10.9. The van der Waals surface area contributed by atoms with Gasteiger partial charge in [0.25, 0.3) is 5.69 Å². The van der Waals surface area contributed by atoms with E-state index in [1.807, 2.05) is 0 Å². The number of halogens is 1. The first-order valence-corrected chi connectivity index (χ1v) is 8.91. The summed E-state index contributed by atoms with van der Waals surface area (Å²) in [6.45, 7) is 2.45. The molecule has 0 spiro atoms. The lowest BCUT2D eigenvalue weighted by atomic mass is 10.0. The minimum Gasteiger partial charge on any atom is -0.258 e. The van der Waals surface area contributed by atoms with E-state index < -0.39 is 14.9 Å². The fraction of sp³-hybridized carbons (Fsp3) is 0.636. The first-order valence-electron chi connectivity index (χ1n) is 6.23. The SMILES string of the molecule is CCCC1(CNS(=O)(=O)c2cc([N+](=O)[O-])c(Cl)s2)CC1. The number of thiophene rings is 1. The van der Waals surface area contributed by atoms with Gasteiger partial charge in [-0.05, 0) is 24.7 Å². The topological polar surface area (TPSA) is 89.3 Å². The Labute approximate surface area is 126 Å². The van der Waals surface area contributed by atoms with Gasteiger partial charge >= 0.3 is 0 Å². The zero-order valence-corrected chi connectivity index (χ0v) is 13.3. The van der Waals surface area contributed by atoms with Crippen molar-refractivity contribution in [1.82, 2.24) is 4.72 Å². The molecule has 6 nitrogen and oxygen atoms in total.